The molecule has 0 unspecified atom stereocenters. The maximum absolute atomic E-state index is 12.5. The van der Waals surface area contributed by atoms with Crippen LogP contribution >= 0.6 is 0 Å². The van der Waals surface area contributed by atoms with E-state index in [9.17, 15) is 19.5 Å². The van der Waals surface area contributed by atoms with E-state index in [2.05, 4.69) is 20.8 Å². The number of carbonyl (C=O) groups is 3. The molecule has 1 fully saturated rings. The highest BCUT2D eigenvalue weighted by Crippen LogP contribution is 2.46. The molecule has 1 aliphatic rings. The van der Waals surface area contributed by atoms with Crippen molar-refractivity contribution in [3.8, 4) is 0 Å². The first-order valence-electron chi connectivity index (χ1n) is 8.72. The van der Waals surface area contributed by atoms with Crippen LogP contribution in [-0.2, 0) is 19.8 Å². The maximum Gasteiger partial charge on any atom is 0.146 e. The van der Waals surface area contributed by atoms with Crippen LogP contribution < -0.4 is 0 Å². The largest absolute Gasteiger partial charge is 0.389 e. The topological polar surface area (TPSA) is 71.4 Å². The highest BCUT2D eigenvalue weighted by Gasteiger charge is 2.53. The molecule has 1 aliphatic carbocycles. The molecule has 4 heteroatoms. The van der Waals surface area contributed by atoms with Crippen LogP contribution in [-0.4, -0.2) is 28.1 Å². The van der Waals surface area contributed by atoms with E-state index >= 15 is 0 Å². The van der Waals surface area contributed by atoms with E-state index in [-0.39, 0.29) is 29.2 Å². The van der Waals surface area contributed by atoms with E-state index in [4.69, 9.17) is 0 Å². The Morgan fingerprint density at radius 3 is 2.00 bits per heavy atom. The van der Waals surface area contributed by atoms with Gasteiger partial charge in [-0.25, -0.2) is 0 Å². The minimum atomic E-state index is -1.44. The van der Waals surface area contributed by atoms with Crippen molar-refractivity contribution < 1.29 is 19.5 Å². The molecule has 4 atom stereocenters. The first-order valence-corrected chi connectivity index (χ1v) is 8.72. The SMILES string of the molecule is CC(=O)[C@@H]1C(=O)C[C@](C)(O)[C@@H](C(C)=O)[C@H]1c1ccc(C(C)(C)C)cc1. The van der Waals surface area contributed by atoms with Gasteiger partial charge in [0.25, 0.3) is 0 Å². The number of benzene rings is 1. The van der Waals surface area contributed by atoms with Crippen LogP contribution in [0.4, 0.5) is 0 Å². The highest BCUT2D eigenvalue weighted by molar-refractivity contribution is 6.05. The zero-order chi connectivity index (χ0) is 19.2. The zero-order valence-corrected chi connectivity index (χ0v) is 15.9. The van der Waals surface area contributed by atoms with Crippen molar-refractivity contribution in [1.29, 1.82) is 0 Å². The molecular formula is C21H28O4. The Hall–Kier alpha value is -1.81. The average molecular weight is 344 g/mol. The van der Waals surface area contributed by atoms with Crippen LogP contribution in [0.5, 0.6) is 0 Å². The van der Waals surface area contributed by atoms with Crippen LogP contribution in [0.2, 0.25) is 0 Å². The van der Waals surface area contributed by atoms with Gasteiger partial charge in [-0.05, 0) is 37.3 Å². The van der Waals surface area contributed by atoms with E-state index in [1.54, 1.807) is 0 Å². The molecule has 0 radical (unpaired) electrons. The number of aliphatic hydroxyl groups is 1. The van der Waals surface area contributed by atoms with Crippen molar-refractivity contribution in [1.82, 2.24) is 0 Å². The average Bonchev–Trinajstić information content (AvgIpc) is 2.43. The molecule has 1 saturated carbocycles. The van der Waals surface area contributed by atoms with Gasteiger partial charge >= 0.3 is 0 Å². The second-order valence-electron chi connectivity index (χ2n) is 8.57. The van der Waals surface area contributed by atoms with E-state index in [1.165, 1.54) is 20.8 Å². The number of hydrogen-bond acceptors (Lipinski definition) is 4. The Labute approximate surface area is 149 Å². The van der Waals surface area contributed by atoms with Crippen molar-refractivity contribution in [2.24, 2.45) is 11.8 Å². The Kier molecular flexibility index (Phi) is 5.06. The monoisotopic (exact) mass is 344 g/mol. The van der Waals surface area contributed by atoms with Crippen molar-refractivity contribution in [2.45, 2.75) is 64.9 Å². The van der Waals surface area contributed by atoms with Gasteiger partial charge in [0.2, 0.25) is 0 Å². The summed E-state index contributed by atoms with van der Waals surface area (Å²) in [6, 6.07) is 7.70. The van der Waals surface area contributed by atoms with Crippen LogP contribution in [0.1, 0.15) is 65.0 Å². The highest BCUT2D eigenvalue weighted by atomic mass is 16.3. The Bertz CT molecular complexity index is 692. The van der Waals surface area contributed by atoms with Gasteiger partial charge in [-0.3, -0.25) is 14.4 Å². The van der Waals surface area contributed by atoms with E-state index < -0.39 is 23.4 Å². The van der Waals surface area contributed by atoms with Crippen molar-refractivity contribution in [3.05, 3.63) is 35.4 Å². The van der Waals surface area contributed by atoms with Gasteiger partial charge in [0.1, 0.15) is 17.3 Å². The molecule has 136 valence electrons. The summed E-state index contributed by atoms with van der Waals surface area (Å²) in [6.45, 7) is 10.6. The summed E-state index contributed by atoms with van der Waals surface area (Å²) >= 11 is 0. The second-order valence-corrected chi connectivity index (χ2v) is 8.57. The van der Waals surface area contributed by atoms with Gasteiger partial charge in [0.05, 0.1) is 17.4 Å². The fourth-order valence-corrected chi connectivity index (χ4v) is 4.11. The molecule has 25 heavy (non-hydrogen) atoms. The lowest BCUT2D eigenvalue weighted by Crippen LogP contribution is -2.53. The summed E-state index contributed by atoms with van der Waals surface area (Å²) in [4.78, 5) is 37.0. The van der Waals surface area contributed by atoms with Gasteiger partial charge < -0.3 is 5.11 Å². The standard InChI is InChI=1S/C21H28O4/c1-12(22)17-16(24)11-21(6,25)19(13(2)23)18(17)14-7-9-15(10-8-14)20(3,4)5/h7-10,17-19,25H,11H2,1-6H3/t17-,18+,19+,21+/m1/s1. The molecule has 0 amide bonds. The number of ketones is 3. The quantitative estimate of drug-likeness (QED) is 0.855. The molecular weight excluding hydrogens is 316 g/mol. The third kappa shape index (κ3) is 3.74. The van der Waals surface area contributed by atoms with E-state index in [1.807, 2.05) is 24.3 Å². The minimum absolute atomic E-state index is 0.0215. The number of carbonyl (C=O) groups excluding carboxylic acids is 3. The lowest BCUT2D eigenvalue weighted by atomic mass is 9.59. The zero-order valence-electron chi connectivity index (χ0n) is 15.9. The van der Waals surface area contributed by atoms with Crippen molar-refractivity contribution in [2.75, 3.05) is 0 Å². The fraction of sp³-hybridized carbons (Fsp3) is 0.571. The lowest BCUT2D eigenvalue weighted by Gasteiger charge is -2.44. The summed E-state index contributed by atoms with van der Waals surface area (Å²) in [5.41, 5.74) is 0.417. The van der Waals surface area contributed by atoms with Gasteiger partial charge in [0.15, 0.2) is 0 Å². The van der Waals surface area contributed by atoms with E-state index in [0.29, 0.717) is 0 Å². The predicted octanol–water partition coefficient (Wildman–Crippen LogP) is 3.20. The number of hydrogen-bond donors (Lipinski definition) is 1. The molecule has 0 aliphatic heterocycles. The van der Waals surface area contributed by atoms with Crippen molar-refractivity contribution >= 4 is 17.3 Å². The predicted molar refractivity (Wildman–Crippen MR) is 96.5 cm³/mol. The Morgan fingerprint density at radius 1 is 1.08 bits per heavy atom. The minimum Gasteiger partial charge on any atom is -0.389 e. The van der Waals surface area contributed by atoms with Crippen LogP contribution in [0.25, 0.3) is 0 Å². The summed E-state index contributed by atoms with van der Waals surface area (Å²) in [7, 11) is 0. The molecule has 1 aromatic carbocycles. The summed E-state index contributed by atoms with van der Waals surface area (Å²) in [5.74, 6) is -3.03. The summed E-state index contributed by atoms with van der Waals surface area (Å²) in [6.07, 6.45) is -0.169. The van der Waals surface area contributed by atoms with Gasteiger partial charge in [-0.15, -0.1) is 0 Å². The number of Topliss-reactive ketones (excluding diaryl/α,β-unsaturated/α-hetero) is 3. The third-order valence-electron chi connectivity index (χ3n) is 5.30. The van der Waals surface area contributed by atoms with Crippen LogP contribution in [0.15, 0.2) is 24.3 Å². The second kappa shape index (κ2) is 6.49. The Morgan fingerprint density at radius 2 is 1.60 bits per heavy atom. The van der Waals surface area contributed by atoms with Crippen LogP contribution in [0.3, 0.4) is 0 Å². The van der Waals surface area contributed by atoms with Gasteiger partial charge in [0, 0.05) is 12.3 Å². The van der Waals surface area contributed by atoms with Gasteiger partial charge in [-0.1, -0.05) is 45.0 Å². The third-order valence-corrected chi connectivity index (χ3v) is 5.30. The summed E-state index contributed by atoms with van der Waals surface area (Å²) < 4.78 is 0. The fourth-order valence-electron chi connectivity index (χ4n) is 4.11. The van der Waals surface area contributed by atoms with Gasteiger partial charge in [-0.2, -0.15) is 0 Å². The normalized spacial score (nSPS) is 30.2. The van der Waals surface area contributed by atoms with Crippen LogP contribution in [0, 0.1) is 11.8 Å². The van der Waals surface area contributed by atoms with E-state index in [0.717, 1.165) is 11.1 Å². The summed E-state index contributed by atoms with van der Waals surface area (Å²) in [5, 5.41) is 10.7. The molecule has 0 bridgehead atoms. The lowest BCUT2D eigenvalue weighted by molar-refractivity contribution is -0.151. The molecule has 0 saturated heterocycles. The smallest absolute Gasteiger partial charge is 0.146 e. The molecule has 1 aromatic rings. The van der Waals surface area contributed by atoms with Crippen molar-refractivity contribution in [3.63, 3.8) is 0 Å². The first-order chi connectivity index (χ1) is 11.4. The molecule has 2 rings (SSSR count). The molecule has 1 N–H and O–H groups in total. The molecule has 0 spiro atoms. The molecule has 4 nitrogen and oxygen atoms in total. The molecule has 0 aromatic heterocycles. The molecule has 0 heterocycles. The Balaban J connectivity index is 2.59. The maximum atomic E-state index is 12.5. The number of rotatable bonds is 3. The first kappa shape index (κ1) is 19.5.